The van der Waals surface area contributed by atoms with Gasteiger partial charge in [-0.15, -0.1) is 0 Å². The second-order valence-electron chi connectivity index (χ2n) is 4.44. The third kappa shape index (κ3) is 3.65. The molecule has 0 aromatic rings. The van der Waals surface area contributed by atoms with E-state index in [0.717, 1.165) is 18.5 Å². The van der Waals surface area contributed by atoms with E-state index in [0.29, 0.717) is 6.04 Å². The fourth-order valence-corrected chi connectivity index (χ4v) is 2.28. The Bertz CT molecular complexity index is 134. The van der Waals surface area contributed by atoms with Crippen molar-refractivity contribution in [3.8, 4) is 0 Å². The molecule has 3 unspecified atom stereocenters. The van der Waals surface area contributed by atoms with Crippen LogP contribution in [0.5, 0.6) is 0 Å². The van der Waals surface area contributed by atoms with Crippen molar-refractivity contribution >= 4 is 0 Å². The van der Waals surface area contributed by atoms with Crippen molar-refractivity contribution in [1.82, 2.24) is 5.32 Å². The molecule has 2 heteroatoms. The van der Waals surface area contributed by atoms with Crippen LogP contribution in [0.4, 0.5) is 0 Å². The van der Waals surface area contributed by atoms with Crippen LogP contribution < -0.4 is 11.1 Å². The van der Waals surface area contributed by atoms with Crippen molar-refractivity contribution in [1.29, 1.82) is 0 Å². The van der Waals surface area contributed by atoms with E-state index >= 15 is 0 Å². The minimum Gasteiger partial charge on any atom is -0.329 e. The van der Waals surface area contributed by atoms with Gasteiger partial charge in [-0.2, -0.15) is 0 Å². The lowest BCUT2D eigenvalue weighted by Crippen LogP contribution is -2.43. The van der Waals surface area contributed by atoms with Gasteiger partial charge in [0.2, 0.25) is 0 Å². The summed E-state index contributed by atoms with van der Waals surface area (Å²) in [4.78, 5) is 0. The first-order valence-corrected chi connectivity index (χ1v) is 5.72. The molecule has 1 aliphatic rings. The van der Waals surface area contributed by atoms with Crippen LogP contribution >= 0.6 is 0 Å². The number of hydrogen-bond donors (Lipinski definition) is 2. The standard InChI is InChI=1S/C11H24N2/c1-3-10-5-4-6-11(7-10)13-9(2)8-12/h9-11,13H,3-8,12H2,1-2H3. The quantitative estimate of drug-likeness (QED) is 0.700. The molecule has 1 fully saturated rings. The van der Waals surface area contributed by atoms with E-state index < -0.39 is 0 Å². The van der Waals surface area contributed by atoms with E-state index in [1.165, 1.54) is 32.1 Å². The van der Waals surface area contributed by atoms with Crippen LogP contribution in [-0.4, -0.2) is 18.6 Å². The van der Waals surface area contributed by atoms with Gasteiger partial charge in [0, 0.05) is 18.6 Å². The van der Waals surface area contributed by atoms with Crippen LogP contribution in [0.25, 0.3) is 0 Å². The number of rotatable bonds is 4. The van der Waals surface area contributed by atoms with Crippen molar-refractivity contribution < 1.29 is 0 Å². The minimum absolute atomic E-state index is 0.487. The summed E-state index contributed by atoms with van der Waals surface area (Å²) in [6.45, 7) is 5.24. The molecule has 0 aromatic carbocycles. The summed E-state index contributed by atoms with van der Waals surface area (Å²) in [6.07, 6.45) is 6.88. The van der Waals surface area contributed by atoms with Gasteiger partial charge in [-0.1, -0.05) is 26.2 Å². The SMILES string of the molecule is CCC1CCCC(NC(C)CN)C1. The third-order valence-corrected chi connectivity index (χ3v) is 3.23. The van der Waals surface area contributed by atoms with E-state index in [-0.39, 0.29) is 0 Å². The zero-order chi connectivity index (χ0) is 9.68. The highest BCUT2D eigenvalue weighted by atomic mass is 15.0. The average molecular weight is 184 g/mol. The second kappa shape index (κ2) is 5.61. The van der Waals surface area contributed by atoms with Gasteiger partial charge in [0.25, 0.3) is 0 Å². The largest absolute Gasteiger partial charge is 0.329 e. The zero-order valence-corrected chi connectivity index (χ0v) is 9.05. The molecule has 1 saturated carbocycles. The first-order chi connectivity index (χ1) is 6.26. The third-order valence-electron chi connectivity index (χ3n) is 3.23. The fraction of sp³-hybridized carbons (Fsp3) is 1.00. The highest BCUT2D eigenvalue weighted by Gasteiger charge is 2.21. The predicted octanol–water partition coefficient (Wildman–Crippen LogP) is 1.89. The van der Waals surface area contributed by atoms with Gasteiger partial charge < -0.3 is 11.1 Å². The molecule has 0 saturated heterocycles. The zero-order valence-electron chi connectivity index (χ0n) is 9.05. The minimum atomic E-state index is 0.487. The van der Waals surface area contributed by atoms with Crippen molar-refractivity contribution in [2.45, 2.75) is 58.0 Å². The van der Waals surface area contributed by atoms with E-state index in [2.05, 4.69) is 19.2 Å². The highest BCUT2D eigenvalue weighted by molar-refractivity contribution is 4.79. The maximum absolute atomic E-state index is 5.59. The second-order valence-corrected chi connectivity index (χ2v) is 4.44. The molecule has 0 bridgehead atoms. The molecule has 78 valence electrons. The molecule has 0 heterocycles. The monoisotopic (exact) mass is 184 g/mol. The summed E-state index contributed by atoms with van der Waals surface area (Å²) >= 11 is 0. The molecule has 2 nitrogen and oxygen atoms in total. The number of nitrogens with two attached hydrogens (primary N) is 1. The average Bonchev–Trinajstić information content (AvgIpc) is 2.18. The Kier molecular flexibility index (Phi) is 4.74. The van der Waals surface area contributed by atoms with Gasteiger partial charge in [-0.3, -0.25) is 0 Å². The lowest BCUT2D eigenvalue weighted by Gasteiger charge is -2.31. The molecular weight excluding hydrogens is 160 g/mol. The molecule has 1 rings (SSSR count). The van der Waals surface area contributed by atoms with Gasteiger partial charge in [0.15, 0.2) is 0 Å². The first kappa shape index (κ1) is 11.0. The highest BCUT2D eigenvalue weighted by Crippen LogP contribution is 2.26. The van der Waals surface area contributed by atoms with Crippen molar-refractivity contribution in [2.75, 3.05) is 6.54 Å². The lowest BCUT2D eigenvalue weighted by atomic mass is 9.84. The van der Waals surface area contributed by atoms with Gasteiger partial charge in [-0.05, 0) is 25.7 Å². The molecule has 0 spiro atoms. The summed E-state index contributed by atoms with van der Waals surface area (Å²) in [5.41, 5.74) is 5.59. The van der Waals surface area contributed by atoms with Crippen LogP contribution in [0.2, 0.25) is 0 Å². The van der Waals surface area contributed by atoms with Crippen LogP contribution in [0.15, 0.2) is 0 Å². The molecule has 0 radical (unpaired) electrons. The topological polar surface area (TPSA) is 38.0 Å². The Morgan fingerprint density at radius 1 is 1.46 bits per heavy atom. The smallest absolute Gasteiger partial charge is 0.0164 e. The lowest BCUT2D eigenvalue weighted by molar-refractivity contribution is 0.266. The number of nitrogens with one attached hydrogen (secondary N) is 1. The van der Waals surface area contributed by atoms with Gasteiger partial charge in [0.1, 0.15) is 0 Å². The van der Waals surface area contributed by atoms with E-state index in [1.54, 1.807) is 0 Å². The fourth-order valence-electron chi connectivity index (χ4n) is 2.28. The Hall–Kier alpha value is -0.0800. The van der Waals surface area contributed by atoms with Crippen LogP contribution in [-0.2, 0) is 0 Å². The Morgan fingerprint density at radius 3 is 2.85 bits per heavy atom. The molecule has 3 N–H and O–H groups in total. The van der Waals surface area contributed by atoms with Crippen LogP contribution in [0.3, 0.4) is 0 Å². The van der Waals surface area contributed by atoms with E-state index in [9.17, 15) is 0 Å². The molecule has 13 heavy (non-hydrogen) atoms. The summed E-state index contributed by atoms with van der Waals surface area (Å²) in [5.74, 6) is 0.955. The molecular formula is C11H24N2. The Balaban J connectivity index is 2.25. The van der Waals surface area contributed by atoms with Gasteiger partial charge in [-0.25, -0.2) is 0 Å². The van der Waals surface area contributed by atoms with Crippen molar-refractivity contribution in [3.05, 3.63) is 0 Å². The molecule has 0 aliphatic heterocycles. The summed E-state index contributed by atoms with van der Waals surface area (Å²) in [5, 5.41) is 3.61. The Labute approximate surface area is 82.3 Å². The Morgan fingerprint density at radius 2 is 2.23 bits per heavy atom. The van der Waals surface area contributed by atoms with Crippen molar-refractivity contribution in [2.24, 2.45) is 11.7 Å². The maximum Gasteiger partial charge on any atom is 0.0164 e. The maximum atomic E-state index is 5.59. The van der Waals surface area contributed by atoms with Crippen molar-refractivity contribution in [3.63, 3.8) is 0 Å². The molecule has 0 amide bonds. The van der Waals surface area contributed by atoms with E-state index in [4.69, 9.17) is 5.73 Å². The van der Waals surface area contributed by atoms with Gasteiger partial charge >= 0.3 is 0 Å². The summed E-state index contributed by atoms with van der Waals surface area (Å²) < 4.78 is 0. The molecule has 3 atom stereocenters. The number of hydrogen-bond acceptors (Lipinski definition) is 2. The molecule has 1 aliphatic carbocycles. The van der Waals surface area contributed by atoms with Crippen LogP contribution in [0.1, 0.15) is 46.0 Å². The normalized spacial score (nSPS) is 31.6. The predicted molar refractivity (Wildman–Crippen MR) is 57.7 cm³/mol. The summed E-state index contributed by atoms with van der Waals surface area (Å²) in [6, 6.07) is 1.22. The van der Waals surface area contributed by atoms with Gasteiger partial charge in [0.05, 0.1) is 0 Å². The van der Waals surface area contributed by atoms with Crippen LogP contribution in [0, 0.1) is 5.92 Å². The van der Waals surface area contributed by atoms with E-state index in [1.807, 2.05) is 0 Å². The molecule has 0 aromatic heterocycles. The summed E-state index contributed by atoms with van der Waals surface area (Å²) in [7, 11) is 0. The first-order valence-electron chi connectivity index (χ1n) is 5.72.